The van der Waals surface area contributed by atoms with Crippen LogP contribution in [0, 0.1) is 11.8 Å². The van der Waals surface area contributed by atoms with Gasteiger partial charge in [0.15, 0.2) is 0 Å². The second-order valence-electron chi connectivity index (χ2n) is 4.07. The van der Waals surface area contributed by atoms with Crippen molar-refractivity contribution in [3.05, 3.63) is 0 Å². The summed E-state index contributed by atoms with van der Waals surface area (Å²) in [5.41, 5.74) is 0. The number of amides is 1. The van der Waals surface area contributed by atoms with Crippen LogP contribution < -0.4 is 0 Å². The van der Waals surface area contributed by atoms with Gasteiger partial charge in [-0.1, -0.05) is 20.8 Å². The molecule has 0 aliphatic carbocycles. The molecule has 0 saturated carbocycles. The number of carbonyl (C=O) groups is 1. The van der Waals surface area contributed by atoms with Gasteiger partial charge in [0.1, 0.15) is 0 Å². The van der Waals surface area contributed by atoms with Gasteiger partial charge in [-0.25, -0.2) is 0 Å². The zero-order valence-electron chi connectivity index (χ0n) is 8.34. The summed E-state index contributed by atoms with van der Waals surface area (Å²) < 4.78 is 0. The maximum absolute atomic E-state index is 11.7. The van der Waals surface area contributed by atoms with Crippen molar-refractivity contribution in [2.75, 3.05) is 13.1 Å². The number of hydrogen-bond donors (Lipinski definition) is 0. The lowest BCUT2D eigenvalue weighted by atomic mass is 9.97. The molecule has 0 bridgehead atoms. The highest BCUT2D eigenvalue weighted by molar-refractivity contribution is 5.78. The lowest BCUT2D eigenvalue weighted by molar-refractivity contribution is -0.135. The van der Waals surface area contributed by atoms with E-state index in [1.54, 1.807) is 0 Å². The van der Waals surface area contributed by atoms with E-state index >= 15 is 0 Å². The Balaban J connectivity index is 2.45. The maximum atomic E-state index is 11.7. The highest BCUT2D eigenvalue weighted by atomic mass is 16.2. The molecule has 1 rings (SSSR count). The Hall–Kier alpha value is -0.530. The van der Waals surface area contributed by atoms with Gasteiger partial charge < -0.3 is 4.90 Å². The van der Waals surface area contributed by atoms with Crippen molar-refractivity contribution in [1.82, 2.24) is 4.90 Å². The van der Waals surface area contributed by atoms with E-state index in [1.165, 1.54) is 12.8 Å². The number of rotatable bonds is 2. The van der Waals surface area contributed by atoms with Gasteiger partial charge >= 0.3 is 0 Å². The number of nitrogens with zero attached hydrogens (tertiary/aromatic N) is 1. The number of hydrogen-bond acceptors (Lipinski definition) is 1. The third kappa shape index (κ3) is 1.99. The molecule has 1 amide bonds. The van der Waals surface area contributed by atoms with Gasteiger partial charge in [-0.15, -0.1) is 0 Å². The van der Waals surface area contributed by atoms with Crippen LogP contribution in [0.15, 0.2) is 0 Å². The standard InChI is InChI=1S/C10H19NO/c1-8(2)9(3)10(12)11-6-4-5-7-11/h8-9H,4-7H2,1-3H3. The van der Waals surface area contributed by atoms with Crippen molar-refractivity contribution in [2.24, 2.45) is 11.8 Å². The second-order valence-corrected chi connectivity index (χ2v) is 4.07. The highest BCUT2D eigenvalue weighted by Crippen LogP contribution is 2.17. The molecule has 1 fully saturated rings. The molecule has 1 atom stereocenters. The SMILES string of the molecule is CC(C)C(C)C(=O)N1CCCC1. The molecule has 0 N–H and O–H groups in total. The molecule has 1 unspecified atom stereocenters. The first-order valence-corrected chi connectivity index (χ1v) is 4.91. The zero-order chi connectivity index (χ0) is 9.14. The zero-order valence-corrected chi connectivity index (χ0v) is 8.34. The van der Waals surface area contributed by atoms with Crippen LogP contribution in [0.3, 0.4) is 0 Å². The van der Waals surface area contributed by atoms with E-state index in [4.69, 9.17) is 0 Å². The third-order valence-corrected chi connectivity index (χ3v) is 2.81. The van der Waals surface area contributed by atoms with Crippen LogP contribution >= 0.6 is 0 Å². The van der Waals surface area contributed by atoms with E-state index < -0.39 is 0 Å². The molecule has 70 valence electrons. The molecule has 1 heterocycles. The van der Waals surface area contributed by atoms with Crippen LogP contribution in [0.5, 0.6) is 0 Å². The number of carbonyl (C=O) groups excluding carboxylic acids is 1. The van der Waals surface area contributed by atoms with Crippen molar-refractivity contribution in [2.45, 2.75) is 33.6 Å². The Morgan fingerprint density at radius 2 is 1.67 bits per heavy atom. The van der Waals surface area contributed by atoms with Crippen LogP contribution in [0.4, 0.5) is 0 Å². The largest absolute Gasteiger partial charge is 0.342 e. The Morgan fingerprint density at radius 1 is 1.17 bits per heavy atom. The van der Waals surface area contributed by atoms with E-state index in [2.05, 4.69) is 13.8 Å². The molecule has 0 radical (unpaired) electrons. The van der Waals surface area contributed by atoms with E-state index in [-0.39, 0.29) is 5.92 Å². The molecule has 12 heavy (non-hydrogen) atoms. The lowest BCUT2D eigenvalue weighted by Gasteiger charge is -2.22. The minimum Gasteiger partial charge on any atom is -0.342 e. The fourth-order valence-corrected chi connectivity index (χ4v) is 1.51. The van der Waals surface area contributed by atoms with Gasteiger partial charge in [-0.2, -0.15) is 0 Å². The fourth-order valence-electron chi connectivity index (χ4n) is 1.51. The van der Waals surface area contributed by atoms with Gasteiger partial charge in [0.05, 0.1) is 0 Å². The molecule has 0 aromatic carbocycles. The van der Waals surface area contributed by atoms with Crippen LogP contribution in [0.1, 0.15) is 33.6 Å². The average Bonchev–Trinajstić information content (AvgIpc) is 2.53. The summed E-state index contributed by atoms with van der Waals surface area (Å²) in [6.07, 6.45) is 2.38. The summed E-state index contributed by atoms with van der Waals surface area (Å²) in [5.74, 6) is 1.02. The summed E-state index contributed by atoms with van der Waals surface area (Å²) in [7, 11) is 0. The molecular weight excluding hydrogens is 150 g/mol. The van der Waals surface area contributed by atoms with Crippen molar-refractivity contribution in [3.63, 3.8) is 0 Å². The quantitative estimate of drug-likeness (QED) is 0.618. The lowest BCUT2D eigenvalue weighted by Crippen LogP contribution is -2.34. The second kappa shape index (κ2) is 3.92. The predicted octanol–water partition coefficient (Wildman–Crippen LogP) is 1.90. The van der Waals surface area contributed by atoms with Gasteiger partial charge in [0.25, 0.3) is 0 Å². The van der Waals surface area contributed by atoms with Crippen molar-refractivity contribution in [1.29, 1.82) is 0 Å². The van der Waals surface area contributed by atoms with E-state index in [0.717, 1.165) is 13.1 Å². The Bertz CT molecular complexity index is 155. The summed E-state index contributed by atoms with van der Waals surface area (Å²) in [6.45, 7) is 8.22. The van der Waals surface area contributed by atoms with E-state index in [9.17, 15) is 4.79 Å². The average molecular weight is 169 g/mol. The third-order valence-electron chi connectivity index (χ3n) is 2.81. The minimum absolute atomic E-state index is 0.197. The van der Waals surface area contributed by atoms with Gasteiger partial charge in [-0.05, 0) is 18.8 Å². The smallest absolute Gasteiger partial charge is 0.225 e. The topological polar surface area (TPSA) is 20.3 Å². The van der Waals surface area contributed by atoms with Crippen LogP contribution in [0.2, 0.25) is 0 Å². The Labute approximate surface area is 74.9 Å². The first-order chi connectivity index (χ1) is 5.63. The van der Waals surface area contributed by atoms with Crippen LogP contribution in [-0.2, 0) is 4.79 Å². The van der Waals surface area contributed by atoms with Crippen molar-refractivity contribution in [3.8, 4) is 0 Å². The fraction of sp³-hybridized carbons (Fsp3) is 0.900. The van der Waals surface area contributed by atoms with Crippen molar-refractivity contribution < 1.29 is 4.79 Å². The molecule has 2 nitrogen and oxygen atoms in total. The number of likely N-dealkylation sites (tertiary alicyclic amines) is 1. The highest BCUT2D eigenvalue weighted by Gasteiger charge is 2.24. The molecule has 2 heteroatoms. The molecule has 1 saturated heterocycles. The first kappa shape index (κ1) is 9.56. The Morgan fingerprint density at radius 3 is 2.08 bits per heavy atom. The van der Waals surface area contributed by atoms with E-state index in [0.29, 0.717) is 11.8 Å². The summed E-state index contributed by atoms with van der Waals surface area (Å²) in [4.78, 5) is 13.7. The molecule has 0 aromatic heterocycles. The van der Waals surface area contributed by atoms with E-state index in [1.807, 2.05) is 11.8 Å². The summed E-state index contributed by atoms with van der Waals surface area (Å²) in [5, 5.41) is 0. The van der Waals surface area contributed by atoms with Gasteiger partial charge in [0.2, 0.25) is 5.91 Å². The van der Waals surface area contributed by atoms with Crippen molar-refractivity contribution >= 4 is 5.91 Å². The summed E-state index contributed by atoms with van der Waals surface area (Å²) in [6, 6.07) is 0. The van der Waals surface area contributed by atoms with Crippen LogP contribution in [0.25, 0.3) is 0 Å². The minimum atomic E-state index is 0.197. The van der Waals surface area contributed by atoms with Gasteiger partial charge in [0, 0.05) is 19.0 Å². The molecule has 0 spiro atoms. The van der Waals surface area contributed by atoms with Gasteiger partial charge in [-0.3, -0.25) is 4.79 Å². The molecular formula is C10H19NO. The first-order valence-electron chi connectivity index (χ1n) is 4.91. The Kier molecular flexibility index (Phi) is 3.12. The normalized spacial score (nSPS) is 20.2. The monoisotopic (exact) mass is 169 g/mol. The molecule has 1 aliphatic rings. The molecule has 0 aromatic rings. The molecule has 1 aliphatic heterocycles. The van der Waals surface area contributed by atoms with Crippen LogP contribution in [-0.4, -0.2) is 23.9 Å². The summed E-state index contributed by atoms with van der Waals surface area (Å²) >= 11 is 0. The predicted molar refractivity (Wildman–Crippen MR) is 49.8 cm³/mol. The maximum Gasteiger partial charge on any atom is 0.225 e.